The molecule has 2 bridgehead atoms. The highest BCUT2D eigenvalue weighted by molar-refractivity contribution is 7.15. The number of fused-ring (bicyclic) bond motifs is 3. The van der Waals surface area contributed by atoms with E-state index in [0.29, 0.717) is 5.54 Å². The Labute approximate surface area is 136 Å². The van der Waals surface area contributed by atoms with Gasteiger partial charge in [0, 0.05) is 11.4 Å². The van der Waals surface area contributed by atoms with E-state index < -0.39 is 0 Å². The Kier molecular flexibility index (Phi) is 3.02. The molecule has 4 nitrogen and oxygen atoms in total. The minimum absolute atomic E-state index is 0.301. The molecule has 0 amide bonds. The predicted molar refractivity (Wildman–Crippen MR) is 90.1 cm³/mol. The molecule has 4 aliphatic heterocycles. The van der Waals surface area contributed by atoms with Gasteiger partial charge >= 0.3 is 0 Å². The van der Waals surface area contributed by atoms with Crippen LogP contribution >= 0.6 is 11.3 Å². The van der Waals surface area contributed by atoms with Gasteiger partial charge in [-0.2, -0.15) is 0 Å². The van der Waals surface area contributed by atoms with E-state index in [4.69, 9.17) is 4.98 Å². The van der Waals surface area contributed by atoms with E-state index in [-0.39, 0.29) is 0 Å². The third kappa shape index (κ3) is 2.09. The van der Waals surface area contributed by atoms with Crippen LogP contribution in [-0.2, 0) is 12.8 Å². The minimum atomic E-state index is 0.301. The molecule has 2 N–H and O–H groups in total. The van der Waals surface area contributed by atoms with Crippen molar-refractivity contribution >= 4 is 16.5 Å². The summed E-state index contributed by atoms with van der Waals surface area (Å²) in [6.07, 6.45) is 11.3. The molecule has 22 heavy (non-hydrogen) atoms. The van der Waals surface area contributed by atoms with Crippen LogP contribution in [0.15, 0.2) is 11.9 Å². The van der Waals surface area contributed by atoms with Crippen molar-refractivity contribution in [1.29, 1.82) is 0 Å². The van der Waals surface area contributed by atoms with Crippen molar-refractivity contribution in [1.82, 2.24) is 15.2 Å². The maximum atomic E-state index is 4.81. The van der Waals surface area contributed by atoms with Gasteiger partial charge in [0.1, 0.15) is 5.82 Å². The molecule has 1 aliphatic carbocycles. The van der Waals surface area contributed by atoms with Gasteiger partial charge in [-0.1, -0.05) is 0 Å². The second kappa shape index (κ2) is 4.96. The van der Waals surface area contributed by atoms with Crippen LogP contribution in [0.25, 0.3) is 0 Å². The largest absolute Gasteiger partial charge is 0.365 e. The van der Waals surface area contributed by atoms with E-state index >= 15 is 0 Å². The van der Waals surface area contributed by atoms with E-state index in [0.717, 1.165) is 11.0 Å². The number of aromatic nitrogens is 1. The maximum Gasteiger partial charge on any atom is 0.188 e. The van der Waals surface area contributed by atoms with Gasteiger partial charge in [-0.05, 0) is 70.0 Å². The van der Waals surface area contributed by atoms with Gasteiger partial charge in [-0.25, -0.2) is 4.98 Å². The van der Waals surface area contributed by atoms with Gasteiger partial charge in [0.25, 0.3) is 0 Å². The molecule has 5 heteroatoms. The Bertz CT molecular complexity index is 591. The smallest absolute Gasteiger partial charge is 0.188 e. The zero-order chi connectivity index (χ0) is 14.6. The molecular formula is C17H24N4S. The highest BCUT2D eigenvalue weighted by atomic mass is 32.1. The number of piperidine rings is 3. The lowest BCUT2D eigenvalue weighted by Crippen LogP contribution is -2.64. The molecule has 6 rings (SSSR count). The summed E-state index contributed by atoms with van der Waals surface area (Å²) in [7, 11) is 0. The van der Waals surface area contributed by atoms with E-state index in [2.05, 4.69) is 21.6 Å². The van der Waals surface area contributed by atoms with Gasteiger partial charge < -0.3 is 15.5 Å². The molecule has 5 heterocycles. The summed E-state index contributed by atoms with van der Waals surface area (Å²) in [5.41, 5.74) is 1.64. The van der Waals surface area contributed by atoms with Crippen molar-refractivity contribution in [3.05, 3.63) is 22.5 Å². The normalized spacial score (nSPS) is 36.1. The van der Waals surface area contributed by atoms with Gasteiger partial charge in [-0.3, -0.25) is 0 Å². The fourth-order valence-corrected chi connectivity index (χ4v) is 5.86. The topological polar surface area (TPSA) is 40.2 Å². The summed E-state index contributed by atoms with van der Waals surface area (Å²) in [5.74, 6) is 2.04. The molecule has 0 saturated carbocycles. The van der Waals surface area contributed by atoms with Gasteiger partial charge in [-0.15, -0.1) is 11.3 Å². The first-order valence-corrected chi connectivity index (χ1v) is 9.59. The summed E-state index contributed by atoms with van der Waals surface area (Å²) in [6, 6.07) is 0. The number of thiazole rings is 1. The van der Waals surface area contributed by atoms with Crippen molar-refractivity contribution in [2.24, 2.45) is 5.92 Å². The first-order valence-electron chi connectivity index (χ1n) is 8.77. The Balaban J connectivity index is 1.30. The molecule has 1 aromatic heterocycles. The summed E-state index contributed by atoms with van der Waals surface area (Å²) in [6.45, 7) is 3.82. The molecular weight excluding hydrogens is 292 g/mol. The van der Waals surface area contributed by atoms with Crippen LogP contribution in [0.1, 0.15) is 42.7 Å². The molecule has 3 saturated heterocycles. The molecule has 0 radical (unpaired) electrons. The van der Waals surface area contributed by atoms with Crippen LogP contribution in [0.5, 0.6) is 0 Å². The lowest BCUT2D eigenvalue weighted by Gasteiger charge is -2.52. The highest BCUT2D eigenvalue weighted by Gasteiger charge is 2.48. The van der Waals surface area contributed by atoms with E-state index in [1.807, 2.05) is 11.3 Å². The fraction of sp³-hybridized carbons (Fsp3) is 0.706. The molecule has 1 aromatic rings. The Morgan fingerprint density at radius 3 is 2.91 bits per heavy atom. The van der Waals surface area contributed by atoms with Crippen molar-refractivity contribution in [2.75, 3.05) is 25.0 Å². The van der Waals surface area contributed by atoms with Crippen LogP contribution in [0, 0.1) is 5.92 Å². The first kappa shape index (κ1) is 13.4. The summed E-state index contributed by atoms with van der Waals surface area (Å²) < 4.78 is 0. The number of aryl methyl sites for hydroxylation is 2. The van der Waals surface area contributed by atoms with Crippen molar-refractivity contribution in [3.63, 3.8) is 0 Å². The average Bonchev–Trinajstić information content (AvgIpc) is 3.12. The third-order valence-electron chi connectivity index (χ3n) is 6.02. The lowest BCUT2D eigenvalue weighted by atomic mass is 9.72. The molecule has 3 fully saturated rings. The highest BCUT2D eigenvalue weighted by Crippen LogP contribution is 2.41. The fourth-order valence-electron chi connectivity index (χ4n) is 4.80. The minimum Gasteiger partial charge on any atom is -0.365 e. The van der Waals surface area contributed by atoms with Crippen LogP contribution < -0.4 is 10.6 Å². The number of anilines is 1. The van der Waals surface area contributed by atoms with Gasteiger partial charge in [0.2, 0.25) is 0 Å². The number of hydrogen-bond acceptors (Lipinski definition) is 5. The van der Waals surface area contributed by atoms with Gasteiger partial charge in [0.05, 0.1) is 11.2 Å². The SMILES string of the molecule is C1=C(Nc2nc3c(s2)CCCC3)N[C@]2(C1)CN1CCC2CC1. The number of nitrogens with one attached hydrogen (secondary N) is 2. The summed E-state index contributed by atoms with van der Waals surface area (Å²) in [4.78, 5) is 8.95. The van der Waals surface area contributed by atoms with Gasteiger partial charge in [0.15, 0.2) is 5.13 Å². The average molecular weight is 316 g/mol. The molecule has 1 spiro atoms. The Morgan fingerprint density at radius 2 is 2.14 bits per heavy atom. The zero-order valence-corrected chi connectivity index (χ0v) is 13.8. The first-order chi connectivity index (χ1) is 10.8. The Hall–Kier alpha value is -1.07. The molecule has 0 unspecified atom stereocenters. The van der Waals surface area contributed by atoms with Crippen LogP contribution in [0.3, 0.4) is 0 Å². The quantitative estimate of drug-likeness (QED) is 0.880. The van der Waals surface area contributed by atoms with Crippen LogP contribution in [0.4, 0.5) is 5.13 Å². The predicted octanol–water partition coefficient (Wildman–Crippen LogP) is 2.73. The number of rotatable bonds is 2. The standard InChI is InChI=1S/C17H24N4S/c1-2-4-14-13(3-1)18-16(22-14)19-15-5-8-17(20-15)11-21-9-6-12(17)7-10-21/h5,12,20H,1-4,6-11H2,(H,18,19)/t17-/m1/s1. The summed E-state index contributed by atoms with van der Waals surface area (Å²) >= 11 is 1.86. The second-order valence-electron chi connectivity index (χ2n) is 7.37. The van der Waals surface area contributed by atoms with Crippen molar-refractivity contribution in [3.8, 4) is 0 Å². The van der Waals surface area contributed by atoms with E-state index in [9.17, 15) is 0 Å². The van der Waals surface area contributed by atoms with E-state index in [1.54, 1.807) is 0 Å². The molecule has 1 atom stereocenters. The molecule has 0 aromatic carbocycles. The van der Waals surface area contributed by atoms with Crippen LogP contribution in [-0.4, -0.2) is 35.1 Å². The summed E-state index contributed by atoms with van der Waals surface area (Å²) in [5, 5.41) is 8.50. The maximum absolute atomic E-state index is 4.81. The third-order valence-corrected chi connectivity index (χ3v) is 7.09. The molecule has 118 valence electrons. The van der Waals surface area contributed by atoms with Crippen molar-refractivity contribution < 1.29 is 0 Å². The van der Waals surface area contributed by atoms with Crippen LogP contribution in [0.2, 0.25) is 0 Å². The second-order valence-corrected chi connectivity index (χ2v) is 8.46. The Morgan fingerprint density at radius 1 is 1.27 bits per heavy atom. The molecule has 5 aliphatic rings. The lowest BCUT2D eigenvalue weighted by molar-refractivity contribution is 0.0189. The number of hydrogen-bond donors (Lipinski definition) is 2. The van der Waals surface area contributed by atoms with Crippen molar-refractivity contribution in [2.45, 2.75) is 50.5 Å². The number of nitrogens with zero attached hydrogens (tertiary/aromatic N) is 2. The monoisotopic (exact) mass is 316 g/mol. The zero-order valence-electron chi connectivity index (χ0n) is 13.0. The van der Waals surface area contributed by atoms with E-state index in [1.165, 1.54) is 81.0 Å².